The van der Waals surface area contributed by atoms with Crippen molar-refractivity contribution in [3.63, 3.8) is 0 Å². The van der Waals surface area contributed by atoms with Gasteiger partial charge in [-0.15, -0.1) is 0 Å². The summed E-state index contributed by atoms with van der Waals surface area (Å²) in [6.45, 7) is 6.53. The SMILES string of the molecule is CC/C=C\C/C=C\C/C=C\C/C=C\C/C=C\CCCCCCCCCCCC(=O)OCC(COC(=O)CCCCCCCCCCC/C=C\CCCCCCCC)OC(=O)CCCCCCCC/C=C\C/C=C\C/C=C\CCCCCCC. The second kappa shape index (κ2) is 70.6. The maximum absolute atomic E-state index is 13.0. The summed E-state index contributed by atoms with van der Waals surface area (Å²) in [5, 5.41) is 0. The molecule has 0 aliphatic heterocycles. The van der Waals surface area contributed by atoms with E-state index in [1.54, 1.807) is 0 Å². The highest BCUT2D eigenvalue weighted by atomic mass is 16.6. The number of hydrogen-bond donors (Lipinski definition) is 0. The molecule has 1 atom stereocenters. The lowest BCUT2D eigenvalue weighted by Crippen LogP contribution is -2.30. The summed E-state index contributed by atoms with van der Waals surface area (Å²) < 4.78 is 17.0. The first kappa shape index (κ1) is 79.1. The van der Waals surface area contributed by atoms with Crippen LogP contribution in [0, 0.1) is 0 Å². The smallest absolute Gasteiger partial charge is 0.306 e. The Morgan fingerprint density at radius 2 is 0.470 bits per heavy atom. The summed E-state index contributed by atoms with van der Waals surface area (Å²) in [5.74, 6) is -0.893. The summed E-state index contributed by atoms with van der Waals surface area (Å²) in [6, 6.07) is 0. The molecule has 0 fully saturated rings. The lowest BCUT2D eigenvalue weighted by atomic mass is 10.1. The number of ether oxygens (including phenoxy) is 3. The fraction of sp³-hybridized carbons (Fsp3) is 0.727. The van der Waals surface area contributed by atoms with Crippen LogP contribution in [-0.4, -0.2) is 37.2 Å². The van der Waals surface area contributed by atoms with Gasteiger partial charge in [-0.2, -0.15) is 0 Å². The second-order valence-electron chi connectivity index (χ2n) is 23.4. The molecule has 0 bridgehead atoms. The van der Waals surface area contributed by atoms with Crippen LogP contribution in [0.5, 0.6) is 0 Å². The van der Waals surface area contributed by atoms with E-state index < -0.39 is 6.10 Å². The standard InChI is InChI=1S/C77H132O6/c1-4-7-10-13-16-19-22-25-28-31-34-36-37-38-39-41-43-46-49-52-55-58-61-64-67-70-76(79)82-73-74(72-81-75(78)69-66-63-60-57-54-51-48-45-42-33-30-27-24-21-18-15-12-9-6-3)83-77(80)71-68-65-62-59-56-53-50-47-44-40-35-32-29-26-23-20-17-14-11-8-5-2/h7,10,16,19,23,25-28,30,32,34-36,38-39,44,47,74H,4-6,8-9,11-15,17-18,20-22,24,29,31,33,37,40-43,45-46,48-73H2,1-3H3/b10-7-,19-16-,26-23-,28-25-,30-27-,35-32-,36-34-,39-38-,47-44-. The maximum atomic E-state index is 13.0. The molecule has 6 nitrogen and oxygen atoms in total. The van der Waals surface area contributed by atoms with Crippen LogP contribution in [-0.2, 0) is 28.6 Å². The fourth-order valence-electron chi connectivity index (χ4n) is 9.94. The number of carbonyl (C=O) groups is 3. The van der Waals surface area contributed by atoms with Crippen molar-refractivity contribution in [3.8, 4) is 0 Å². The van der Waals surface area contributed by atoms with E-state index in [9.17, 15) is 14.4 Å². The Labute approximate surface area is 514 Å². The molecule has 0 saturated heterocycles. The number of allylic oxidation sites excluding steroid dienone is 18. The van der Waals surface area contributed by atoms with Gasteiger partial charge in [0, 0.05) is 19.3 Å². The van der Waals surface area contributed by atoms with Gasteiger partial charge >= 0.3 is 17.9 Å². The number of unbranched alkanes of at least 4 members (excludes halogenated alkanes) is 35. The molecular formula is C77H132O6. The molecule has 0 radical (unpaired) electrons. The van der Waals surface area contributed by atoms with Gasteiger partial charge in [-0.3, -0.25) is 14.4 Å². The first-order valence-corrected chi connectivity index (χ1v) is 35.4. The van der Waals surface area contributed by atoms with Gasteiger partial charge in [0.2, 0.25) is 0 Å². The summed E-state index contributed by atoms with van der Waals surface area (Å²) in [6.07, 6.45) is 96.7. The van der Waals surface area contributed by atoms with Crippen LogP contribution in [0.15, 0.2) is 109 Å². The number of carbonyl (C=O) groups excluding carboxylic acids is 3. The van der Waals surface area contributed by atoms with E-state index in [0.717, 1.165) is 122 Å². The molecule has 0 aromatic carbocycles. The monoisotopic (exact) mass is 1150 g/mol. The van der Waals surface area contributed by atoms with Gasteiger partial charge in [0.25, 0.3) is 0 Å². The molecule has 0 rings (SSSR count). The van der Waals surface area contributed by atoms with Gasteiger partial charge in [-0.1, -0.05) is 304 Å². The van der Waals surface area contributed by atoms with Crippen LogP contribution in [0.25, 0.3) is 0 Å². The van der Waals surface area contributed by atoms with Crippen LogP contribution in [0.4, 0.5) is 0 Å². The minimum atomic E-state index is -0.793. The summed E-state index contributed by atoms with van der Waals surface area (Å²) >= 11 is 0. The van der Waals surface area contributed by atoms with Crippen molar-refractivity contribution < 1.29 is 28.6 Å². The van der Waals surface area contributed by atoms with Crippen molar-refractivity contribution in [2.45, 2.75) is 348 Å². The van der Waals surface area contributed by atoms with E-state index in [-0.39, 0.29) is 31.1 Å². The zero-order valence-electron chi connectivity index (χ0n) is 54.7. The molecule has 0 aromatic rings. The lowest BCUT2D eigenvalue weighted by molar-refractivity contribution is -0.167. The number of hydrogen-bond acceptors (Lipinski definition) is 6. The minimum Gasteiger partial charge on any atom is -0.462 e. The van der Waals surface area contributed by atoms with Gasteiger partial charge in [0.15, 0.2) is 6.10 Å². The lowest BCUT2D eigenvalue weighted by Gasteiger charge is -2.18. The predicted octanol–water partition coefficient (Wildman–Crippen LogP) is 24.6. The molecule has 6 heteroatoms. The van der Waals surface area contributed by atoms with Crippen molar-refractivity contribution in [1.82, 2.24) is 0 Å². The van der Waals surface area contributed by atoms with Gasteiger partial charge in [0.1, 0.15) is 13.2 Å². The van der Waals surface area contributed by atoms with E-state index in [4.69, 9.17) is 14.2 Å². The molecule has 0 aromatic heterocycles. The third kappa shape index (κ3) is 68.7. The Kier molecular flexibility index (Phi) is 67.2. The summed E-state index contributed by atoms with van der Waals surface area (Å²) in [5.41, 5.74) is 0. The topological polar surface area (TPSA) is 78.9 Å². The van der Waals surface area contributed by atoms with Gasteiger partial charge in [-0.25, -0.2) is 0 Å². The minimum absolute atomic E-state index is 0.0858. The van der Waals surface area contributed by atoms with E-state index in [2.05, 4.69) is 130 Å². The Balaban J connectivity index is 4.41. The zero-order chi connectivity index (χ0) is 59.9. The molecule has 0 saturated carbocycles. The molecular weight excluding hydrogens is 1020 g/mol. The van der Waals surface area contributed by atoms with Crippen molar-refractivity contribution >= 4 is 17.9 Å². The number of rotatable bonds is 64. The van der Waals surface area contributed by atoms with Crippen molar-refractivity contribution in [2.24, 2.45) is 0 Å². The highest BCUT2D eigenvalue weighted by molar-refractivity contribution is 5.71. The van der Waals surface area contributed by atoms with Gasteiger partial charge in [0.05, 0.1) is 0 Å². The third-order valence-corrected chi connectivity index (χ3v) is 15.2. The Bertz CT molecular complexity index is 1660. The third-order valence-electron chi connectivity index (χ3n) is 15.2. The molecule has 0 amide bonds. The van der Waals surface area contributed by atoms with Crippen molar-refractivity contribution in [1.29, 1.82) is 0 Å². The predicted molar refractivity (Wildman–Crippen MR) is 362 cm³/mol. The zero-order valence-corrected chi connectivity index (χ0v) is 54.7. The Morgan fingerprint density at radius 3 is 0.747 bits per heavy atom. The molecule has 0 heterocycles. The Hall–Kier alpha value is -3.93. The highest BCUT2D eigenvalue weighted by Gasteiger charge is 2.19. The van der Waals surface area contributed by atoms with E-state index >= 15 is 0 Å². The van der Waals surface area contributed by atoms with Crippen LogP contribution < -0.4 is 0 Å². The maximum Gasteiger partial charge on any atom is 0.306 e. The average molecular weight is 1150 g/mol. The molecule has 1 unspecified atom stereocenters. The molecule has 83 heavy (non-hydrogen) atoms. The fourth-order valence-corrected chi connectivity index (χ4v) is 9.94. The highest BCUT2D eigenvalue weighted by Crippen LogP contribution is 2.16. The number of esters is 3. The van der Waals surface area contributed by atoms with Crippen LogP contribution >= 0.6 is 0 Å². The van der Waals surface area contributed by atoms with Gasteiger partial charge in [-0.05, 0) is 128 Å². The molecule has 0 spiro atoms. The van der Waals surface area contributed by atoms with Crippen molar-refractivity contribution in [2.75, 3.05) is 13.2 Å². The van der Waals surface area contributed by atoms with E-state index in [0.29, 0.717) is 19.3 Å². The van der Waals surface area contributed by atoms with Crippen LogP contribution in [0.1, 0.15) is 342 Å². The summed E-state index contributed by atoms with van der Waals surface area (Å²) in [7, 11) is 0. The second-order valence-corrected chi connectivity index (χ2v) is 23.4. The van der Waals surface area contributed by atoms with Crippen LogP contribution in [0.3, 0.4) is 0 Å². The Morgan fingerprint density at radius 1 is 0.253 bits per heavy atom. The largest absolute Gasteiger partial charge is 0.462 e. The first-order valence-electron chi connectivity index (χ1n) is 35.4. The molecule has 0 aliphatic carbocycles. The normalized spacial score (nSPS) is 12.8. The molecule has 0 aliphatic rings. The first-order chi connectivity index (χ1) is 41.0. The van der Waals surface area contributed by atoms with E-state index in [1.165, 1.54) is 180 Å². The van der Waals surface area contributed by atoms with Crippen LogP contribution in [0.2, 0.25) is 0 Å². The molecule has 0 N–H and O–H groups in total. The van der Waals surface area contributed by atoms with Gasteiger partial charge < -0.3 is 14.2 Å². The average Bonchev–Trinajstić information content (AvgIpc) is 3.50. The summed E-state index contributed by atoms with van der Waals surface area (Å²) in [4.78, 5) is 38.5. The van der Waals surface area contributed by atoms with Crippen molar-refractivity contribution in [3.05, 3.63) is 109 Å². The van der Waals surface area contributed by atoms with E-state index in [1.807, 2.05) is 0 Å². The molecule has 476 valence electrons. The quantitative estimate of drug-likeness (QED) is 0.0261.